The third kappa shape index (κ3) is 5.12. The smallest absolute Gasteiger partial charge is 0.351 e. The zero-order valence-electron chi connectivity index (χ0n) is 16.5. The highest BCUT2D eigenvalue weighted by molar-refractivity contribution is 5.93. The summed E-state index contributed by atoms with van der Waals surface area (Å²) in [4.78, 5) is 39.3. The Morgan fingerprint density at radius 1 is 1.43 bits per heavy atom. The standard InChI is InChI=1S/C18H25F2N3O5/c1-10(2)13(24)27-9-11-8-18(19,20)15(28-11)23-7-6-12(22-16(23)26)21-14(25)17(3,4)5/h6-7,10-11,15H,8-9H2,1-5H3,(H,21,22,25,26)/t11-,15-/m1/s1. The Morgan fingerprint density at radius 2 is 2.07 bits per heavy atom. The summed E-state index contributed by atoms with van der Waals surface area (Å²) < 4.78 is 39.6. The fourth-order valence-corrected chi connectivity index (χ4v) is 2.41. The fourth-order valence-electron chi connectivity index (χ4n) is 2.41. The predicted molar refractivity (Wildman–Crippen MR) is 95.9 cm³/mol. The number of halogens is 2. The van der Waals surface area contributed by atoms with Crippen molar-refractivity contribution in [3.63, 3.8) is 0 Å². The Labute approximate surface area is 161 Å². The van der Waals surface area contributed by atoms with Gasteiger partial charge < -0.3 is 14.8 Å². The van der Waals surface area contributed by atoms with Crippen molar-refractivity contribution >= 4 is 17.7 Å². The maximum absolute atomic E-state index is 14.4. The highest BCUT2D eigenvalue weighted by Gasteiger charge is 2.52. The number of hydrogen-bond acceptors (Lipinski definition) is 6. The SMILES string of the molecule is CC(C)C(=O)OC[C@H]1CC(F)(F)[C@H](n2ccc(NC(=O)C(C)(C)C)nc2=O)O1. The van der Waals surface area contributed by atoms with E-state index in [4.69, 9.17) is 9.47 Å². The van der Waals surface area contributed by atoms with Gasteiger partial charge in [-0.25, -0.2) is 13.6 Å². The molecule has 0 spiro atoms. The van der Waals surface area contributed by atoms with Crippen LogP contribution in [0.1, 0.15) is 47.3 Å². The molecule has 0 saturated carbocycles. The lowest BCUT2D eigenvalue weighted by Crippen LogP contribution is -2.36. The van der Waals surface area contributed by atoms with E-state index in [-0.39, 0.29) is 24.2 Å². The third-order valence-corrected chi connectivity index (χ3v) is 4.07. The Bertz CT molecular complexity index is 801. The number of nitrogens with one attached hydrogen (secondary N) is 1. The Morgan fingerprint density at radius 3 is 2.61 bits per heavy atom. The summed E-state index contributed by atoms with van der Waals surface area (Å²) in [6, 6.07) is 1.25. The molecule has 0 bridgehead atoms. The lowest BCUT2D eigenvalue weighted by Gasteiger charge is -2.21. The van der Waals surface area contributed by atoms with Gasteiger partial charge in [0, 0.05) is 18.0 Å². The average Bonchev–Trinajstić information content (AvgIpc) is 2.86. The lowest BCUT2D eigenvalue weighted by atomic mass is 9.96. The summed E-state index contributed by atoms with van der Waals surface area (Å²) >= 11 is 0. The minimum atomic E-state index is -3.35. The summed E-state index contributed by atoms with van der Waals surface area (Å²) in [7, 11) is 0. The van der Waals surface area contributed by atoms with E-state index in [0.29, 0.717) is 4.57 Å². The first-order chi connectivity index (χ1) is 12.8. The first-order valence-corrected chi connectivity index (χ1v) is 8.92. The van der Waals surface area contributed by atoms with Gasteiger partial charge in [0.15, 0.2) is 0 Å². The summed E-state index contributed by atoms with van der Waals surface area (Å²) in [5.41, 5.74) is -1.70. The van der Waals surface area contributed by atoms with Gasteiger partial charge in [-0.15, -0.1) is 0 Å². The molecule has 8 nitrogen and oxygen atoms in total. The molecule has 1 aromatic rings. The molecule has 1 aromatic heterocycles. The first kappa shape index (κ1) is 21.9. The number of anilines is 1. The minimum Gasteiger partial charge on any atom is -0.463 e. The van der Waals surface area contributed by atoms with Gasteiger partial charge in [0.05, 0.1) is 5.92 Å². The Hall–Kier alpha value is -2.36. The highest BCUT2D eigenvalue weighted by Crippen LogP contribution is 2.42. The molecule has 2 atom stereocenters. The van der Waals surface area contributed by atoms with Gasteiger partial charge in [-0.3, -0.25) is 14.2 Å². The van der Waals surface area contributed by atoms with Gasteiger partial charge in [0.25, 0.3) is 5.92 Å². The van der Waals surface area contributed by atoms with Crippen molar-refractivity contribution in [3.05, 3.63) is 22.7 Å². The maximum atomic E-state index is 14.4. The van der Waals surface area contributed by atoms with Crippen LogP contribution in [0.3, 0.4) is 0 Å². The minimum absolute atomic E-state index is 0.0371. The van der Waals surface area contributed by atoms with Gasteiger partial charge >= 0.3 is 11.7 Å². The van der Waals surface area contributed by atoms with Gasteiger partial charge in [-0.2, -0.15) is 4.98 Å². The zero-order valence-corrected chi connectivity index (χ0v) is 16.5. The van der Waals surface area contributed by atoms with Crippen LogP contribution in [-0.2, 0) is 19.1 Å². The molecular formula is C18H25F2N3O5. The summed E-state index contributed by atoms with van der Waals surface area (Å²) in [6.07, 6.45) is -2.52. The average molecular weight is 401 g/mol. The van der Waals surface area contributed by atoms with E-state index in [9.17, 15) is 23.2 Å². The molecule has 28 heavy (non-hydrogen) atoms. The second-order valence-electron chi connectivity index (χ2n) is 8.07. The normalized spacial score (nSPS) is 21.6. The van der Waals surface area contributed by atoms with Crippen molar-refractivity contribution in [1.29, 1.82) is 0 Å². The molecule has 2 heterocycles. The molecule has 1 aliphatic heterocycles. The number of aromatic nitrogens is 2. The molecule has 0 radical (unpaired) electrons. The van der Waals surface area contributed by atoms with Crippen molar-refractivity contribution in [3.8, 4) is 0 Å². The van der Waals surface area contributed by atoms with Crippen molar-refractivity contribution < 1.29 is 27.8 Å². The number of rotatable bonds is 5. The number of carbonyl (C=O) groups excluding carboxylic acids is 2. The molecule has 1 N–H and O–H groups in total. The van der Waals surface area contributed by atoms with Gasteiger partial charge in [-0.05, 0) is 6.07 Å². The van der Waals surface area contributed by atoms with Gasteiger partial charge in [-0.1, -0.05) is 34.6 Å². The molecule has 1 saturated heterocycles. The van der Waals surface area contributed by atoms with Crippen LogP contribution >= 0.6 is 0 Å². The summed E-state index contributed by atoms with van der Waals surface area (Å²) in [5.74, 6) is -4.67. The quantitative estimate of drug-likeness (QED) is 0.761. The second-order valence-corrected chi connectivity index (χ2v) is 8.07. The fraction of sp³-hybridized carbons (Fsp3) is 0.667. The predicted octanol–water partition coefficient (Wildman–Crippen LogP) is 2.35. The topological polar surface area (TPSA) is 99.5 Å². The largest absolute Gasteiger partial charge is 0.463 e. The summed E-state index contributed by atoms with van der Waals surface area (Å²) in [5, 5.41) is 2.46. The Kier molecular flexibility index (Phi) is 6.22. The van der Waals surface area contributed by atoms with Crippen LogP contribution in [0.5, 0.6) is 0 Å². The van der Waals surface area contributed by atoms with Crippen LogP contribution in [0, 0.1) is 11.3 Å². The van der Waals surface area contributed by atoms with E-state index in [0.717, 1.165) is 6.20 Å². The number of hydrogen-bond donors (Lipinski definition) is 1. The molecule has 10 heteroatoms. The van der Waals surface area contributed by atoms with Gasteiger partial charge in [0.1, 0.15) is 18.5 Å². The van der Waals surface area contributed by atoms with Crippen LogP contribution < -0.4 is 11.0 Å². The van der Waals surface area contributed by atoms with Crippen LogP contribution in [0.4, 0.5) is 14.6 Å². The van der Waals surface area contributed by atoms with Crippen LogP contribution in [0.2, 0.25) is 0 Å². The van der Waals surface area contributed by atoms with E-state index in [1.807, 2.05) is 0 Å². The number of alkyl halides is 2. The molecule has 1 fully saturated rings. The van der Waals surface area contributed by atoms with Crippen molar-refractivity contribution in [1.82, 2.24) is 9.55 Å². The highest BCUT2D eigenvalue weighted by atomic mass is 19.3. The summed E-state index contributed by atoms with van der Waals surface area (Å²) in [6.45, 7) is 7.97. The van der Waals surface area contributed by atoms with Crippen molar-refractivity contribution in [2.45, 2.75) is 59.3 Å². The van der Waals surface area contributed by atoms with E-state index in [2.05, 4.69) is 10.3 Å². The van der Waals surface area contributed by atoms with E-state index in [1.54, 1.807) is 34.6 Å². The third-order valence-electron chi connectivity index (χ3n) is 4.07. The van der Waals surface area contributed by atoms with Gasteiger partial charge in [0.2, 0.25) is 12.1 Å². The van der Waals surface area contributed by atoms with Crippen molar-refractivity contribution in [2.24, 2.45) is 11.3 Å². The van der Waals surface area contributed by atoms with Crippen molar-refractivity contribution in [2.75, 3.05) is 11.9 Å². The molecule has 0 unspecified atom stereocenters. The molecular weight excluding hydrogens is 376 g/mol. The number of amides is 1. The maximum Gasteiger partial charge on any atom is 0.351 e. The zero-order chi connectivity index (χ0) is 21.3. The van der Waals surface area contributed by atoms with Crippen LogP contribution in [0.15, 0.2) is 17.1 Å². The number of nitrogens with zero attached hydrogens (tertiary/aromatic N) is 2. The van der Waals surface area contributed by atoms with E-state index in [1.165, 1.54) is 6.07 Å². The van der Waals surface area contributed by atoms with E-state index < -0.39 is 41.7 Å². The molecule has 0 aromatic carbocycles. The molecule has 1 amide bonds. The Balaban J connectivity index is 2.12. The number of esters is 1. The monoisotopic (exact) mass is 401 g/mol. The molecule has 0 aliphatic carbocycles. The molecule has 2 rings (SSSR count). The van der Waals surface area contributed by atoms with Crippen LogP contribution in [0.25, 0.3) is 0 Å². The number of carbonyl (C=O) groups is 2. The lowest BCUT2D eigenvalue weighted by molar-refractivity contribution is -0.154. The van der Waals surface area contributed by atoms with E-state index >= 15 is 0 Å². The van der Waals surface area contributed by atoms with Crippen LogP contribution in [-0.4, -0.2) is 40.1 Å². The molecule has 1 aliphatic rings. The first-order valence-electron chi connectivity index (χ1n) is 8.92. The second kappa shape index (κ2) is 7.94. The number of ether oxygens (including phenoxy) is 2. The molecule has 156 valence electrons.